The standard InChI is InChI=1S/C27H21BrN6O3S/c28-21-14-29-13-17-10-11-22(31-23(17)21)24(35)32-33-27(38)30-18(12-16-6-2-1-3-7-16)15-34-25(36)19-8-4-5-9-20(19)26(34)37/h1-11,13-14,18H,12,15H2,(H,32,35)(H2,30,33,38). The van der Waals surface area contributed by atoms with E-state index in [1.807, 2.05) is 30.3 Å². The molecular formula is C27H21BrN6O3S. The van der Waals surface area contributed by atoms with Crippen molar-refractivity contribution >= 4 is 61.9 Å². The van der Waals surface area contributed by atoms with Crippen LogP contribution in [-0.2, 0) is 6.42 Å². The number of benzene rings is 2. The van der Waals surface area contributed by atoms with E-state index in [0.717, 1.165) is 10.9 Å². The zero-order chi connectivity index (χ0) is 26.6. The highest BCUT2D eigenvalue weighted by Crippen LogP contribution is 2.23. The number of halogens is 1. The fourth-order valence-corrected chi connectivity index (χ4v) is 4.87. The molecule has 2 aromatic carbocycles. The number of pyridine rings is 2. The van der Waals surface area contributed by atoms with Gasteiger partial charge in [0.2, 0.25) is 0 Å². The van der Waals surface area contributed by atoms with Crippen molar-refractivity contribution < 1.29 is 14.4 Å². The molecule has 5 rings (SSSR count). The quantitative estimate of drug-likeness (QED) is 0.178. The second kappa shape index (κ2) is 11.0. The van der Waals surface area contributed by atoms with Crippen LogP contribution < -0.4 is 16.2 Å². The van der Waals surface area contributed by atoms with Gasteiger partial charge in [0.1, 0.15) is 5.69 Å². The van der Waals surface area contributed by atoms with Gasteiger partial charge < -0.3 is 5.32 Å². The number of imide groups is 1. The maximum absolute atomic E-state index is 12.9. The smallest absolute Gasteiger partial charge is 0.288 e. The molecular weight excluding hydrogens is 568 g/mol. The Hall–Kier alpha value is -4.22. The first kappa shape index (κ1) is 25.4. The van der Waals surface area contributed by atoms with Crippen LogP contribution in [0.1, 0.15) is 36.8 Å². The van der Waals surface area contributed by atoms with Crippen LogP contribution in [0.5, 0.6) is 0 Å². The number of rotatable bonds is 6. The fraction of sp³-hybridized carbons (Fsp3) is 0.111. The first-order valence-electron chi connectivity index (χ1n) is 11.7. The summed E-state index contributed by atoms with van der Waals surface area (Å²) in [6.07, 6.45) is 3.75. The number of hydrogen-bond acceptors (Lipinski definition) is 6. The average Bonchev–Trinajstić information content (AvgIpc) is 3.17. The third-order valence-electron chi connectivity index (χ3n) is 6.02. The SMILES string of the molecule is O=C(NNC(=S)NC(Cc1ccccc1)CN1C(=O)c2ccccc2C1=O)c1ccc2cncc(Br)c2n1. The second-order valence-corrected chi connectivity index (χ2v) is 9.86. The van der Waals surface area contributed by atoms with Crippen LogP contribution in [0, 0.1) is 0 Å². The summed E-state index contributed by atoms with van der Waals surface area (Å²) in [6, 6.07) is 19.3. The van der Waals surface area contributed by atoms with Crippen molar-refractivity contribution in [2.24, 2.45) is 0 Å². The number of carbonyl (C=O) groups is 3. The van der Waals surface area contributed by atoms with E-state index in [0.29, 0.717) is 27.5 Å². The summed E-state index contributed by atoms with van der Waals surface area (Å²) in [5, 5.41) is 4.05. The minimum absolute atomic E-state index is 0.0886. The van der Waals surface area contributed by atoms with Gasteiger partial charge in [-0.25, -0.2) is 4.98 Å². The number of hydrogen-bond donors (Lipinski definition) is 3. The minimum atomic E-state index is -0.486. The van der Waals surface area contributed by atoms with Crippen molar-refractivity contribution in [3.63, 3.8) is 0 Å². The third-order valence-corrected chi connectivity index (χ3v) is 6.82. The Morgan fingerprint density at radius 3 is 2.32 bits per heavy atom. The van der Waals surface area contributed by atoms with Crippen molar-refractivity contribution in [1.82, 2.24) is 31.0 Å². The summed E-state index contributed by atoms with van der Waals surface area (Å²) in [6.45, 7) is 0.0886. The van der Waals surface area contributed by atoms with Gasteiger partial charge >= 0.3 is 0 Å². The summed E-state index contributed by atoms with van der Waals surface area (Å²) in [4.78, 5) is 48.3. The molecule has 0 bridgehead atoms. The molecule has 3 N–H and O–H groups in total. The van der Waals surface area contributed by atoms with Crippen molar-refractivity contribution in [1.29, 1.82) is 0 Å². The largest absolute Gasteiger partial charge is 0.356 e. The predicted octanol–water partition coefficient (Wildman–Crippen LogP) is 3.41. The molecule has 1 aliphatic heterocycles. The average molecular weight is 589 g/mol. The van der Waals surface area contributed by atoms with Crippen LogP contribution in [-0.4, -0.2) is 50.3 Å². The lowest BCUT2D eigenvalue weighted by Crippen LogP contribution is -2.53. The van der Waals surface area contributed by atoms with Crippen LogP contribution in [0.2, 0.25) is 0 Å². The molecule has 0 aliphatic carbocycles. The van der Waals surface area contributed by atoms with Crippen molar-refractivity contribution in [2.45, 2.75) is 12.5 Å². The lowest BCUT2D eigenvalue weighted by Gasteiger charge is -2.25. The first-order valence-corrected chi connectivity index (χ1v) is 12.9. The molecule has 9 nitrogen and oxygen atoms in total. The Kier molecular flexibility index (Phi) is 7.38. The van der Waals surface area contributed by atoms with Crippen LogP contribution in [0.3, 0.4) is 0 Å². The van der Waals surface area contributed by atoms with Crippen molar-refractivity contribution in [2.75, 3.05) is 6.54 Å². The highest BCUT2D eigenvalue weighted by atomic mass is 79.9. The Balaban J connectivity index is 1.26. The summed E-state index contributed by atoms with van der Waals surface area (Å²) in [5.41, 5.74) is 7.79. The molecule has 1 atom stereocenters. The molecule has 2 aromatic heterocycles. The maximum Gasteiger partial charge on any atom is 0.288 e. The van der Waals surface area contributed by atoms with Gasteiger partial charge in [0.05, 0.1) is 27.2 Å². The highest BCUT2D eigenvalue weighted by molar-refractivity contribution is 9.10. The molecule has 1 unspecified atom stereocenters. The number of aromatic nitrogens is 2. The number of nitrogens with zero attached hydrogens (tertiary/aromatic N) is 3. The van der Waals surface area contributed by atoms with E-state index in [-0.39, 0.29) is 29.2 Å². The van der Waals surface area contributed by atoms with Gasteiger partial charge in [0, 0.05) is 24.3 Å². The van der Waals surface area contributed by atoms with Crippen LogP contribution >= 0.6 is 28.1 Å². The van der Waals surface area contributed by atoms with Crippen LogP contribution in [0.15, 0.2) is 83.6 Å². The molecule has 3 heterocycles. The number of amides is 3. The zero-order valence-electron chi connectivity index (χ0n) is 19.8. The normalized spacial score (nSPS) is 13.2. The lowest BCUT2D eigenvalue weighted by molar-refractivity contribution is 0.0641. The molecule has 0 fully saturated rings. The van der Waals surface area contributed by atoms with Gasteiger partial charge in [-0.1, -0.05) is 42.5 Å². The summed E-state index contributed by atoms with van der Waals surface area (Å²) in [5.74, 6) is -1.18. The van der Waals surface area contributed by atoms with E-state index >= 15 is 0 Å². The van der Waals surface area contributed by atoms with E-state index < -0.39 is 11.9 Å². The number of hydrazine groups is 1. The lowest BCUT2D eigenvalue weighted by atomic mass is 10.1. The summed E-state index contributed by atoms with van der Waals surface area (Å²) < 4.78 is 0.673. The monoisotopic (exact) mass is 588 g/mol. The Morgan fingerprint density at radius 2 is 1.61 bits per heavy atom. The van der Waals surface area contributed by atoms with Crippen LogP contribution in [0.25, 0.3) is 10.9 Å². The molecule has 0 saturated heterocycles. The van der Waals surface area contributed by atoms with Crippen molar-refractivity contribution in [3.05, 3.63) is 106 Å². The molecule has 0 saturated carbocycles. The van der Waals surface area contributed by atoms with Gasteiger partial charge in [-0.05, 0) is 64.4 Å². The van der Waals surface area contributed by atoms with Crippen molar-refractivity contribution in [3.8, 4) is 0 Å². The number of carbonyl (C=O) groups excluding carboxylic acids is 3. The van der Waals surface area contributed by atoms with Gasteiger partial charge in [0.25, 0.3) is 17.7 Å². The summed E-state index contributed by atoms with van der Waals surface area (Å²) in [7, 11) is 0. The summed E-state index contributed by atoms with van der Waals surface area (Å²) >= 11 is 8.82. The highest BCUT2D eigenvalue weighted by Gasteiger charge is 2.36. The Morgan fingerprint density at radius 1 is 0.921 bits per heavy atom. The van der Waals surface area contributed by atoms with E-state index in [1.165, 1.54) is 4.90 Å². The van der Waals surface area contributed by atoms with Crippen LogP contribution in [0.4, 0.5) is 0 Å². The molecule has 11 heteroatoms. The zero-order valence-corrected chi connectivity index (χ0v) is 22.3. The molecule has 0 spiro atoms. The first-order chi connectivity index (χ1) is 18.4. The van der Waals surface area contributed by atoms with E-state index in [4.69, 9.17) is 12.2 Å². The van der Waals surface area contributed by atoms with Gasteiger partial charge in [-0.15, -0.1) is 0 Å². The predicted molar refractivity (Wildman–Crippen MR) is 149 cm³/mol. The molecule has 4 aromatic rings. The number of nitrogens with one attached hydrogen (secondary N) is 3. The van der Waals surface area contributed by atoms with E-state index in [2.05, 4.69) is 42.1 Å². The second-order valence-electron chi connectivity index (χ2n) is 8.60. The Bertz CT molecular complexity index is 1530. The number of fused-ring (bicyclic) bond motifs is 2. The van der Waals surface area contributed by atoms with E-state index in [9.17, 15) is 14.4 Å². The van der Waals surface area contributed by atoms with Gasteiger partial charge in [-0.2, -0.15) is 0 Å². The van der Waals surface area contributed by atoms with Gasteiger partial charge in [0.15, 0.2) is 5.11 Å². The molecule has 190 valence electrons. The topological polar surface area (TPSA) is 116 Å². The van der Waals surface area contributed by atoms with E-state index in [1.54, 1.807) is 48.8 Å². The van der Waals surface area contributed by atoms with Gasteiger partial charge in [-0.3, -0.25) is 35.1 Å². The molecule has 38 heavy (non-hydrogen) atoms. The fourth-order valence-electron chi connectivity index (χ4n) is 4.22. The maximum atomic E-state index is 12.9. The molecule has 3 amide bonds. The third kappa shape index (κ3) is 5.38. The number of thiocarbonyl (C=S) groups is 1. The molecule has 0 radical (unpaired) electrons. The molecule has 1 aliphatic rings. The Labute approximate surface area is 231 Å². The minimum Gasteiger partial charge on any atom is -0.356 e.